The molecule has 0 radical (unpaired) electrons. The topological polar surface area (TPSA) is 20.2 Å². The van der Waals surface area contributed by atoms with E-state index in [2.05, 4.69) is 40.7 Å². The third-order valence-electron chi connectivity index (χ3n) is 10.3. The summed E-state index contributed by atoms with van der Waals surface area (Å²) in [5.41, 5.74) is 2.49. The van der Waals surface area contributed by atoms with Crippen LogP contribution in [-0.4, -0.2) is 11.2 Å². The molecule has 0 aromatic carbocycles. The van der Waals surface area contributed by atoms with E-state index < -0.39 is 0 Å². The van der Waals surface area contributed by atoms with Gasteiger partial charge in [-0.25, -0.2) is 0 Å². The summed E-state index contributed by atoms with van der Waals surface area (Å²) in [6.45, 7) is 12.5. The molecule has 4 rings (SSSR count). The normalized spacial score (nSPS) is 46.5. The SMILES string of the molecule is CC(C)CCCC(C)C1CCC2C3C(O)CC4=CCCCC4(C)C3CCC12C. The fourth-order valence-electron chi connectivity index (χ4n) is 8.74. The maximum atomic E-state index is 11.3. The average Bonchev–Trinajstić information content (AvgIpc) is 2.99. The summed E-state index contributed by atoms with van der Waals surface area (Å²) >= 11 is 0. The van der Waals surface area contributed by atoms with E-state index in [0.29, 0.717) is 16.7 Å². The molecule has 4 aliphatic carbocycles. The van der Waals surface area contributed by atoms with Crippen molar-refractivity contribution in [3.05, 3.63) is 11.6 Å². The van der Waals surface area contributed by atoms with Gasteiger partial charge in [0.2, 0.25) is 0 Å². The van der Waals surface area contributed by atoms with Crippen molar-refractivity contribution in [2.75, 3.05) is 0 Å². The summed E-state index contributed by atoms with van der Waals surface area (Å²) in [4.78, 5) is 0. The molecule has 0 aliphatic heterocycles. The average molecular weight is 387 g/mol. The molecule has 3 fully saturated rings. The zero-order chi connectivity index (χ0) is 20.1. The van der Waals surface area contributed by atoms with E-state index in [0.717, 1.165) is 36.0 Å². The molecule has 1 nitrogen and oxygen atoms in total. The molecule has 8 unspecified atom stereocenters. The van der Waals surface area contributed by atoms with Crippen LogP contribution in [0.25, 0.3) is 0 Å². The van der Waals surface area contributed by atoms with E-state index >= 15 is 0 Å². The standard InChI is InChI=1S/C27H46O/c1-18(2)9-8-10-19(3)21-12-13-22-25-23(14-16-27(21,22)5)26(4)15-7-6-11-20(26)17-24(25)28/h11,18-19,21-25,28H,6-10,12-17H2,1-5H3. The van der Waals surface area contributed by atoms with Crippen LogP contribution < -0.4 is 0 Å². The Hall–Kier alpha value is -0.300. The smallest absolute Gasteiger partial charge is 0.0611 e. The van der Waals surface area contributed by atoms with Gasteiger partial charge in [0.1, 0.15) is 0 Å². The van der Waals surface area contributed by atoms with Gasteiger partial charge in [0, 0.05) is 0 Å². The zero-order valence-corrected chi connectivity index (χ0v) is 19.3. The summed E-state index contributed by atoms with van der Waals surface area (Å²) in [5, 5.41) is 11.3. The molecule has 160 valence electrons. The van der Waals surface area contributed by atoms with Crippen molar-refractivity contribution >= 4 is 0 Å². The Balaban J connectivity index is 1.52. The van der Waals surface area contributed by atoms with Crippen LogP contribution in [0.1, 0.15) is 105 Å². The summed E-state index contributed by atoms with van der Waals surface area (Å²) in [6, 6.07) is 0. The molecule has 3 saturated carbocycles. The largest absolute Gasteiger partial charge is 0.392 e. The Labute approximate surface area is 174 Å². The van der Waals surface area contributed by atoms with Crippen LogP contribution in [0.2, 0.25) is 0 Å². The molecule has 0 saturated heterocycles. The van der Waals surface area contributed by atoms with Gasteiger partial charge in [0.05, 0.1) is 6.10 Å². The summed E-state index contributed by atoms with van der Waals surface area (Å²) < 4.78 is 0. The van der Waals surface area contributed by atoms with Gasteiger partial charge in [0.25, 0.3) is 0 Å². The van der Waals surface area contributed by atoms with Crippen molar-refractivity contribution < 1.29 is 5.11 Å². The van der Waals surface area contributed by atoms with Crippen molar-refractivity contribution in [3.63, 3.8) is 0 Å². The maximum absolute atomic E-state index is 11.3. The highest BCUT2D eigenvalue weighted by Gasteiger charge is 2.61. The first-order valence-electron chi connectivity index (χ1n) is 12.6. The molecule has 0 aromatic rings. The summed E-state index contributed by atoms with van der Waals surface area (Å²) in [6.07, 6.45) is 17.1. The quantitative estimate of drug-likeness (QED) is 0.488. The second kappa shape index (κ2) is 7.75. The van der Waals surface area contributed by atoms with E-state index in [1.807, 2.05) is 0 Å². The van der Waals surface area contributed by atoms with E-state index in [1.54, 1.807) is 5.57 Å². The van der Waals surface area contributed by atoms with Gasteiger partial charge < -0.3 is 5.11 Å². The number of rotatable bonds is 5. The lowest BCUT2D eigenvalue weighted by Crippen LogP contribution is -2.55. The second-order valence-electron chi connectivity index (χ2n) is 12.1. The molecule has 4 aliphatic rings. The summed E-state index contributed by atoms with van der Waals surface area (Å²) in [7, 11) is 0. The number of aliphatic hydroxyl groups excluding tert-OH is 1. The van der Waals surface area contributed by atoms with Gasteiger partial charge in [-0.15, -0.1) is 0 Å². The minimum absolute atomic E-state index is 0.0814. The number of aliphatic hydroxyl groups is 1. The lowest BCUT2D eigenvalue weighted by molar-refractivity contribution is -0.112. The number of hydrogen-bond acceptors (Lipinski definition) is 1. The van der Waals surface area contributed by atoms with Crippen LogP contribution in [0.4, 0.5) is 0 Å². The van der Waals surface area contributed by atoms with Gasteiger partial charge in [-0.2, -0.15) is 0 Å². The molecule has 28 heavy (non-hydrogen) atoms. The van der Waals surface area contributed by atoms with Crippen molar-refractivity contribution in [2.24, 2.45) is 46.3 Å². The van der Waals surface area contributed by atoms with Crippen molar-refractivity contribution in [3.8, 4) is 0 Å². The summed E-state index contributed by atoms with van der Waals surface area (Å²) in [5.74, 6) is 4.63. The molecule has 1 N–H and O–H groups in total. The van der Waals surface area contributed by atoms with Gasteiger partial charge in [0.15, 0.2) is 0 Å². The van der Waals surface area contributed by atoms with E-state index in [1.165, 1.54) is 64.2 Å². The van der Waals surface area contributed by atoms with E-state index in [9.17, 15) is 5.11 Å². The monoisotopic (exact) mass is 386 g/mol. The lowest BCUT2D eigenvalue weighted by atomic mass is 9.46. The highest BCUT2D eigenvalue weighted by atomic mass is 16.3. The molecular formula is C27H46O. The Morgan fingerprint density at radius 3 is 2.57 bits per heavy atom. The molecule has 0 spiro atoms. The fraction of sp³-hybridized carbons (Fsp3) is 0.926. The highest BCUT2D eigenvalue weighted by Crippen LogP contribution is 2.67. The minimum Gasteiger partial charge on any atom is -0.392 e. The van der Waals surface area contributed by atoms with Crippen LogP contribution in [0.15, 0.2) is 11.6 Å². The third kappa shape index (κ3) is 3.32. The molecule has 0 amide bonds. The number of fused-ring (bicyclic) bond motifs is 5. The van der Waals surface area contributed by atoms with E-state index in [4.69, 9.17) is 0 Å². The first-order valence-corrected chi connectivity index (χ1v) is 12.6. The lowest BCUT2D eigenvalue weighted by Gasteiger charge is -2.60. The second-order valence-corrected chi connectivity index (χ2v) is 12.1. The van der Waals surface area contributed by atoms with Gasteiger partial charge in [-0.1, -0.05) is 65.5 Å². The molecule has 0 bridgehead atoms. The van der Waals surface area contributed by atoms with Gasteiger partial charge >= 0.3 is 0 Å². The van der Waals surface area contributed by atoms with Crippen LogP contribution in [0.3, 0.4) is 0 Å². The maximum Gasteiger partial charge on any atom is 0.0611 e. The molecule has 1 heteroatoms. The number of hydrogen-bond donors (Lipinski definition) is 1. The number of allylic oxidation sites excluding steroid dienone is 1. The van der Waals surface area contributed by atoms with Crippen molar-refractivity contribution in [1.82, 2.24) is 0 Å². The zero-order valence-electron chi connectivity index (χ0n) is 19.3. The highest BCUT2D eigenvalue weighted by molar-refractivity contribution is 5.25. The van der Waals surface area contributed by atoms with Crippen LogP contribution in [0, 0.1) is 46.3 Å². The molecule has 0 heterocycles. The van der Waals surface area contributed by atoms with Crippen molar-refractivity contribution in [2.45, 2.75) is 111 Å². The third-order valence-corrected chi connectivity index (χ3v) is 10.3. The minimum atomic E-state index is -0.0814. The van der Waals surface area contributed by atoms with E-state index in [-0.39, 0.29) is 6.10 Å². The molecule has 8 atom stereocenters. The van der Waals surface area contributed by atoms with Crippen LogP contribution in [-0.2, 0) is 0 Å². The molecular weight excluding hydrogens is 340 g/mol. The van der Waals surface area contributed by atoms with Crippen LogP contribution in [0.5, 0.6) is 0 Å². The van der Waals surface area contributed by atoms with Gasteiger partial charge in [-0.3, -0.25) is 0 Å². The Bertz CT molecular complexity index is 591. The molecule has 0 aromatic heterocycles. The Morgan fingerprint density at radius 1 is 1.04 bits per heavy atom. The Kier molecular flexibility index (Phi) is 5.80. The predicted molar refractivity (Wildman–Crippen MR) is 119 cm³/mol. The Morgan fingerprint density at radius 2 is 1.82 bits per heavy atom. The predicted octanol–water partition coefficient (Wildman–Crippen LogP) is 7.39. The fourth-order valence-corrected chi connectivity index (χ4v) is 8.74. The van der Waals surface area contributed by atoms with Gasteiger partial charge in [-0.05, 0) is 97.7 Å². The first-order chi connectivity index (χ1) is 13.3. The van der Waals surface area contributed by atoms with Crippen LogP contribution >= 0.6 is 0 Å². The first kappa shape index (κ1) is 21.0. The van der Waals surface area contributed by atoms with Crippen molar-refractivity contribution in [1.29, 1.82) is 0 Å².